The van der Waals surface area contributed by atoms with Crippen molar-refractivity contribution in [3.8, 4) is 0 Å². The zero-order valence-corrected chi connectivity index (χ0v) is 7.67. The second-order valence-corrected chi connectivity index (χ2v) is 4.01. The van der Waals surface area contributed by atoms with Crippen LogP contribution >= 0.6 is 0 Å². The summed E-state index contributed by atoms with van der Waals surface area (Å²) >= 11 is 0. The fourth-order valence-electron chi connectivity index (χ4n) is 1.59. The highest BCUT2D eigenvalue weighted by molar-refractivity contribution is 5.14. The van der Waals surface area contributed by atoms with E-state index in [2.05, 4.69) is 26.8 Å². The monoisotopic (exact) mass is 154 g/mol. The standard InChI is InChI=1S/C10H18O/c1-7(2)10(11)9-5-4-8(3)6-9/h5,7-8,10-11H,4,6H2,1-3H3/t8-,10+/m1/s1. The van der Waals surface area contributed by atoms with Crippen LogP contribution in [0.1, 0.15) is 33.6 Å². The van der Waals surface area contributed by atoms with E-state index in [9.17, 15) is 5.11 Å². The van der Waals surface area contributed by atoms with Gasteiger partial charge in [-0.15, -0.1) is 0 Å². The maximum absolute atomic E-state index is 9.68. The van der Waals surface area contributed by atoms with E-state index >= 15 is 0 Å². The lowest BCUT2D eigenvalue weighted by molar-refractivity contribution is 0.156. The average Bonchev–Trinajstić information content (AvgIpc) is 2.34. The molecule has 0 saturated carbocycles. The third-order valence-electron chi connectivity index (χ3n) is 2.38. The number of aliphatic hydroxyl groups is 1. The quantitative estimate of drug-likeness (QED) is 0.605. The van der Waals surface area contributed by atoms with Gasteiger partial charge in [0.25, 0.3) is 0 Å². The molecule has 1 heteroatoms. The predicted molar refractivity (Wildman–Crippen MR) is 47.3 cm³/mol. The first-order valence-electron chi connectivity index (χ1n) is 4.48. The highest BCUT2D eigenvalue weighted by Crippen LogP contribution is 2.28. The maximum Gasteiger partial charge on any atom is 0.0773 e. The Bertz CT molecular complexity index is 158. The van der Waals surface area contributed by atoms with Crippen molar-refractivity contribution in [3.05, 3.63) is 11.6 Å². The lowest BCUT2D eigenvalue weighted by atomic mass is 9.97. The average molecular weight is 154 g/mol. The van der Waals surface area contributed by atoms with Crippen LogP contribution in [0.5, 0.6) is 0 Å². The molecule has 0 amide bonds. The molecule has 2 atom stereocenters. The van der Waals surface area contributed by atoms with Crippen LogP contribution in [0.25, 0.3) is 0 Å². The maximum atomic E-state index is 9.68. The van der Waals surface area contributed by atoms with Gasteiger partial charge in [0.05, 0.1) is 6.10 Å². The number of aliphatic hydroxyl groups excluding tert-OH is 1. The molecule has 0 spiro atoms. The second kappa shape index (κ2) is 3.40. The second-order valence-electron chi connectivity index (χ2n) is 4.01. The smallest absolute Gasteiger partial charge is 0.0773 e. The summed E-state index contributed by atoms with van der Waals surface area (Å²) in [4.78, 5) is 0. The highest BCUT2D eigenvalue weighted by atomic mass is 16.3. The molecule has 0 aromatic carbocycles. The molecule has 0 fully saturated rings. The summed E-state index contributed by atoms with van der Waals surface area (Å²) in [5.41, 5.74) is 1.26. The largest absolute Gasteiger partial charge is 0.388 e. The Morgan fingerprint density at radius 3 is 2.55 bits per heavy atom. The van der Waals surface area contributed by atoms with Crippen LogP contribution in [0, 0.1) is 11.8 Å². The summed E-state index contributed by atoms with van der Waals surface area (Å²) in [5.74, 6) is 1.12. The zero-order valence-electron chi connectivity index (χ0n) is 7.67. The van der Waals surface area contributed by atoms with E-state index in [-0.39, 0.29) is 6.10 Å². The van der Waals surface area contributed by atoms with Gasteiger partial charge in [0, 0.05) is 0 Å². The summed E-state index contributed by atoms with van der Waals surface area (Å²) in [7, 11) is 0. The van der Waals surface area contributed by atoms with Gasteiger partial charge in [-0.1, -0.05) is 26.8 Å². The summed E-state index contributed by atoms with van der Waals surface area (Å²) < 4.78 is 0. The van der Waals surface area contributed by atoms with E-state index in [0.717, 1.165) is 18.8 Å². The Morgan fingerprint density at radius 2 is 2.18 bits per heavy atom. The van der Waals surface area contributed by atoms with Crippen molar-refractivity contribution in [2.45, 2.75) is 39.7 Å². The molecular formula is C10H18O. The minimum Gasteiger partial charge on any atom is -0.388 e. The number of hydrogen-bond acceptors (Lipinski definition) is 1. The molecule has 0 aromatic rings. The minimum absolute atomic E-state index is 0.194. The first-order valence-corrected chi connectivity index (χ1v) is 4.48. The molecule has 0 heterocycles. The predicted octanol–water partition coefficient (Wildman–Crippen LogP) is 2.36. The molecule has 1 aliphatic carbocycles. The summed E-state index contributed by atoms with van der Waals surface area (Å²) in [6.45, 7) is 6.36. The van der Waals surface area contributed by atoms with Crippen molar-refractivity contribution >= 4 is 0 Å². The molecule has 11 heavy (non-hydrogen) atoms. The third-order valence-corrected chi connectivity index (χ3v) is 2.38. The molecule has 0 radical (unpaired) electrons. The SMILES string of the molecule is CC(C)[C@H](O)C1=CC[C@@H](C)C1. The number of allylic oxidation sites excluding steroid dienone is 1. The van der Waals surface area contributed by atoms with Gasteiger partial charge in [-0.05, 0) is 30.3 Å². The zero-order chi connectivity index (χ0) is 8.43. The Morgan fingerprint density at radius 1 is 1.55 bits per heavy atom. The molecule has 0 unspecified atom stereocenters. The van der Waals surface area contributed by atoms with Crippen molar-refractivity contribution in [3.63, 3.8) is 0 Å². The molecule has 1 N–H and O–H groups in total. The van der Waals surface area contributed by atoms with Gasteiger partial charge in [-0.2, -0.15) is 0 Å². The van der Waals surface area contributed by atoms with E-state index in [4.69, 9.17) is 0 Å². The molecule has 64 valence electrons. The van der Waals surface area contributed by atoms with Crippen molar-refractivity contribution in [1.29, 1.82) is 0 Å². The van der Waals surface area contributed by atoms with Crippen molar-refractivity contribution in [2.24, 2.45) is 11.8 Å². The minimum atomic E-state index is -0.194. The van der Waals surface area contributed by atoms with E-state index in [1.165, 1.54) is 5.57 Å². The van der Waals surface area contributed by atoms with Gasteiger partial charge < -0.3 is 5.11 Å². The summed E-state index contributed by atoms with van der Waals surface area (Å²) in [5, 5.41) is 9.68. The Balaban J connectivity index is 2.49. The Labute approximate surface area is 69.1 Å². The Hall–Kier alpha value is -0.300. The van der Waals surface area contributed by atoms with Crippen LogP contribution in [-0.4, -0.2) is 11.2 Å². The summed E-state index contributed by atoms with van der Waals surface area (Å²) in [6.07, 6.45) is 4.26. The fraction of sp³-hybridized carbons (Fsp3) is 0.800. The van der Waals surface area contributed by atoms with E-state index < -0.39 is 0 Å². The summed E-state index contributed by atoms with van der Waals surface area (Å²) in [6, 6.07) is 0. The van der Waals surface area contributed by atoms with E-state index in [1.54, 1.807) is 0 Å². The van der Waals surface area contributed by atoms with Crippen LogP contribution in [0.2, 0.25) is 0 Å². The lowest BCUT2D eigenvalue weighted by Gasteiger charge is -2.16. The highest BCUT2D eigenvalue weighted by Gasteiger charge is 2.20. The molecule has 1 aliphatic rings. The van der Waals surface area contributed by atoms with Crippen molar-refractivity contribution in [2.75, 3.05) is 0 Å². The van der Waals surface area contributed by atoms with Gasteiger partial charge in [0.2, 0.25) is 0 Å². The van der Waals surface area contributed by atoms with Crippen LogP contribution in [0.4, 0.5) is 0 Å². The number of hydrogen-bond donors (Lipinski definition) is 1. The molecule has 0 bridgehead atoms. The van der Waals surface area contributed by atoms with Crippen molar-refractivity contribution in [1.82, 2.24) is 0 Å². The first-order chi connectivity index (χ1) is 5.11. The van der Waals surface area contributed by atoms with Crippen molar-refractivity contribution < 1.29 is 5.11 Å². The lowest BCUT2D eigenvalue weighted by Crippen LogP contribution is -2.16. The van der Waals surface area contributed by atoms with Gasteiger partial charge in [-0.3, -0.25) is 0 Å². The molecule has 0 saturated heterocycles. The van der Waals surface area contributed by atoms with Gasteiger partial charge in [0.15, 0.2) is 0 Å². The number of rotatable bonds is 2. The van der Waals surface area contributed by atoms with Gasteiger partial charge >= 0.3 is 0 Å². The molecular weight excluding hydrogens is 136 g/mol. The van der Waals surface area contributed by atoms with Gasteiger partial charge in [0.1, 0.15) is 0 Å². The Kier molecular flexibility index (Phi) is 2.72. The van der Waals surface area contributed by atoms with Crippen LogP contribution in [-0.2, 0) is 0 Å². The molecule has 0 aromatic heterocycles. The van der Waals surface area contributed by atoms with Gasteiger partial charge in [-0.25, -0.2) is 0 Å². The van der Waals surface area contributed by atoms with Crippen LogP contribution in [0.3, 0.4) is 0 Å². The third kappa shape index (κ3) is 2.06. The molecule has 1 rings (SSSR count). The van der Waals surface area contributed by atoms with Crippen LogP contribution in [0.15, 0.2) is 11.6 Å². The molecule has 0 aliphatic heterocycles. The topological polar surface area (TPSA) is 20.2 Å². The van der Waals surface area contributed by atoms with E-state index in [1.807, 2.05) is 0 Å². The van der Waals surface area contributed by atoms with E-state index in [0.29, 0.717) is 5.92 Å². The van der Waals surface area contributed by atoms with Crippen LogP contribution < -0.4 is 0 Å². The first kappa shape index (κ1) is 8.79. The normalized spacial score (nSPS) is 27.4. The molecule has 1 nitrogen and oxygen atoms in total. The fourth-order valence-corrected chi connectivity index (χ4v) is 1.59.